The van der Waals surface area contributed by atoms with Crippen LogP contribution in [0, 0.1) is 5.41 Å². The first-order chi connectivity index (χ1) is 9.95. The first-order valence-electron chi connectivity index (χ1n) is 6.93. The summed E-state index contributed by atoms with van der Waals surface area (Å²) in [5.74, 6) is -0.859. The van der Waals surface area contributed by atoms with Gasteiger partial charge in [0.05, 0.1) is 5.69 Å². The number of barbiturate groups is 1. The van der Waals surface area contributed by atoms with Crippen LogP contribution in [0.5, 0.6) is 0 Å². The van der Waals surface area contributed by atoms with Gasteiger partial charge in [0, 0.05) is 19.8 Å². The van der Waals surface area contributed by atoms with E-state index < -0.39 is 23.3 Å². The molecule has 1 aliphatic heterocycles. The predicted molar refractivity (Wildman–Crippen MR) is 78.1 cm³/mol. The highest BCUT2D eigenvalue weighted by atomic mass is 16.2. The summed E-state index contributed by atoms with van der Waals surface area (Å²) in [6, 6.07) is 6.47. The zero-order valence-electron chi connectivity index (χ0n) is 12.0. The minimum absolute atomic E-state index is 0.404. The van der Waals surface area contributed by atoms with E-state index in [1.54, 1.807) is 18.2 Å². The van der Waals surface area contributed by atoms with Gasteiger partial charge in [-0.3, -0.25) is 14.9 Å². The predicted octanol–water partition coefficient (Wildman–Crippen LogP) is 1.51. The Morgan fingerprint density at radius 3 is 2.48 bits per heavy atom. The lowest BCUT2D eigenvalue weighted by Gasteiger charge is -2.44. The van der Waals surface area contributed by atoms with Gasteiger partial charge in [-0.05, 0) is 31.0 Å². The molecule has 1 heterocycles. The highest BCUT2D eigenvalue weighted by Gasteiger charge is 2.57. The van der Waals surface area contributed by atoms with Gasteiger partial charge in [0.25, 0.3) is 5.91 Å². The Morgan fingerprint density at radius 1 is 1.19 bits per heavy atom. The maximum Gasteiger partial charge on any atom is 0.335 e. The summed E-state index contributed by atoms with van der Waals surface area (Å²) in [5, 5.41) is 2.31. The molecule has 0 atom stereocenters. The van der Waals surface area contributed by atoms with Crippen molar-refractivity contribution in [3.8, 4) is 0 Å². The number of nitrogens with zero attached hydrogens (tertiary/aromatic N) is 2. The standard InChI is InChI=1S/C15H17N3O3/c1-17(2)10-5-3-6-11(9-10)18-13(20)15(7-4-8-15)12(19)16-14(18)21/h3,5-6,9H,4,7-8H2,1-2H3,(H,16,19,21). The second-order valence-corrected chi connectivity index (χ2v) is 5.75. The maximum absolute atomic E-state index is 12.7. The molecule has 0 aromatic heterocycles. The average Bonchev–Trinajstić information content (AvgIpc) is 2.36. The van der Waals surface area contributed by atoms with E-state index in [1.807, 2.05) is 25.1 Å². The first-order valence-corrected chi connectivity index (χ1v) is 6.93. The third-order valence-electron chi connectivity index (χ3n) is 4.28. The van der Waals surface area contributed by atoms with E-state index in [4.69, 9.17) is 0 Å². The molecule has 1 aromatic rings. The van der Waals surface area contributed by atoms with Gasteiger partial charge < -0.3 is 4.90 Å². The van der Waals surface area contributed by atoms with Crippen LogP contribution >= 0.6 is 0 Å². The fraction of sp³-hybridized carbons (Fsp3) is 0.400. The van der Waals surface area contributed by atoms with Crippen molar-refractivity contribution in [1.82, 2.24) is 5.32 Å². The number of hydrogen-bond donors (Lipinski definition) is 1. The molecule has 1 N–H and O–H groups in total. The molecule has 0 unspecified atom stereocenters. The molecule has 110 valence electrons. The summed E-state index contributed by atoms with van der Waals surface area (Å²) >= 11 is 0. The molecular weight excluding hydrogens is 270 g/mol. The zero-order valence-corrected chi connectivity index (χ0v) is 12.0. The number of carbonyl (C=O) groups excluding carboxylic acids is 3. The molecule has 0 bridgehead atoms. The lowest BCUT2D eigenvalue weighted by atomic mass is 9.66. The normalized spacial score (nSPS) is 20.3. The lowest BCUT2D eigenvalue weighted by molar-refractivity contribution is -0.148. The number of urea groups is 1. The Morgan fingerprint density at radius 2 is 1.90 bits per heavy atom. The summed E-state index contributed by atoms with van der Waals surface area (Å²) in [5.41, 5.74) is 0.331. The van der Waals surface area contributed by atoms with Crippen LogP contribution in [0.4, 0.5) is 16.2 Å². The third kappa shape index (κ3) is 1.90. The number of hydrogen-bond acceptors (Lipinski definition) is 4. The Balaban J connectivity index is 2.00. The van der Waals surface area contributed by atoms with Gasteiger partial charge in [0.1, 0.15) is 5.41 Å². The smallest absolute Gasteiger partial charge is 0.335 e. The third-order valence-corrected chi connectivity index (χ3v) is 4.28. The molecule has 1 saturated heterocycles. The van der Waals surface area contributed by atoms with Gasteiger partial charge in [-0.1, -0.05) is 12.5 Å². The summed E-state index contributed by atoms with van der Waals surface area (Å²) in [7, 11) is 3.77. The Labute approximate surface area is 122 Å². The number of imide groups is 2. The molecule has 4 amide bonds. The van der Waals surface area contributed by atoms with Crippen LogP contribution in [0.3, 0.4) is 0 Å². The molecule has 1 aliphatic carbocycles. The fourth-order valence-electron chi connectivity index (χ4n) is 2.79. The number of benzene rings is 1. The second kappa shape index (κ2) is 4.58. The highest BCUT2D eigenvalue weighted by molar-refractivity contribution is 6.30. The van der Waals surface area contributed by atoms with E-state index in [1.165, 1.54) is 0 Å². The SMILES string of the molecule is CN(C)c1cccc(N2C(=O)NC(=O)C3(CCC3)C2=O)c1. The highest BCUT2D eigenvalue weighted by Crippen LogP contribution is 2.45. The van der Waals surface area contributed by atoms with Crippen LogP contribution in [-0.2, 0) is 9.59 Å². The number of nitrogens with one attached hydrogen (secondary N) is 1. The van der Waals surface area contributed by atoms with Crippen molar-refractivity contribution >= 4 is 29.2 Å². The monoisotopic (exact) mass is 287 g/mol. The number of amides is 4. The van der Waals surface area contributed by atoms with Gasteiger partial charge >= 0.3 is 6.03 Å². The van der Waals surface area contributed by atoms with Crippen molar-refractivity contribution < 1.29 is 14.4 Å². The van der Waals surface area contributed by atoms with Crippen LogP contribution in [0.1, 0.15) is 19.3 Å². The van der Waals surface area contributed by atoms with Crippen molar-refractivity contribution in [2.45, 2.75) is 19.3 Å². The summed E-state index contributed by atoms with van der Waals surface area (Å²) in [6.45, 7) is 0. The van der Waals surface area contributed by atoms with Gasteiger partial charge in [-0.15, -0.1) is 0 Å². The van der Waals surface area contributed by atoms with Crippen LogP contribution in [0.25, 0.3) is 0 Å². The van der Waals surface area contributed by atoms with E-state index >= 15 is 0 Å². The molecule has 6 nitrogen and oxygen atoms in total. The number of carbonyl (C=O) groups is 3. The van der Waals surface area contributed by atoms with E-state index in [2.05, 4.69) is 5.32 Å². The molecule has 2 fully saturated rings. The van der Waals surface area contributed by atoms with Crippen LogP contribution < -0.4 is 15.1 Å². The lowest BCUT2D eigenvalue weighted by Crippen LogP contribution is -2.66. The van der Waals surface area contributed by atoms with Crippen LogP contribution in [0.2, 0.25) is 0 Å². The topological polar surface area (TPSA) is 69.7 Å². The van der Waals surface area contributed by atoms with Crippen molar-refractivity contribution in [3.05, 3.63) is 24.3 Å². The summed E-state index contributed by atoms with van der Waals surface area (Å²) in [6.07, 6.45) is 1.85. The molecular formula is C15H17N3O3. The summed E-state index contributed by atoms with van der Waals surface area (Å²) in [4.78, 5) is 39.7. The van der Waals surface area contributed by atoms with Crippen LogP contribution in [0.15, 0.2) is 24.3 Å². The quantitative estimate of drug-likeness (QED) is 0.837. The van der Waals surface area contributed by atoms with Crippen LogP contribution in [-0.4, -0.2) is 31.9 Å². The van der Waals surface area contributed by atoms with Crippen molar-refractivity contribution in [3.63, 3.8) is 0 Å². The Kier molecular flexibility index (Phi) is 2.97. The molecule has 6 heteroatoms. The Bertz CT molecular complexity index is 635. The minimum atomic E-state index is -1.04. The second-order valence-electron chi connectivity index (χ2n) is 5.75. The average molecular weight is 287 g/mol. The number of anilines is 2. The van der Waals surface area contributed by atoms with Crippen molar-refractivity contribution in [2.24, 2.45) is 5.41 Å². The number of rotatable bonds is 2. The molecule has 1 saturated carbocycles. The zero-order chi connectivity index (χ0) is 15.2. The van der Waals surface area contributed by atoms with E-state index in [0.29, 0.717) is 18.5 Å². The minimum Gasteiger partial charge on any atom is -0.378 e. The maximum atomic E-state index is 12.7. The van der Waals surface area contributed by atoms with Crippen molar-refractivity contribution in [2.75, 3.05) is 23.9 Å². The van der Waals surface area contributed by atoms with Gasteiger partial charge in [-0.25, -0.2) is 9.69 Å². The van der Waals surface area contributed by atoms with Gasteiger partial charge in [-0.2, -0.15) is 0 Å². The van der Waals surface area contributed by atoms with E-state index in [0.717, 1.165) is 17.0 Å². The van der Waals surface area contributed by atoms with Gasteiger partial charge in [0.2, 0.25) is 5.91 Å². The fourth-order valence-corrected chi connectivity index (χ4v) is 2.79. The van der Waals surface area contributed by atoms with E-state index in [-0.39, 0.29) is 0 Å². The summed E-state index contributed by atoms with van der Waals surface area (Å²) < 4.78 is 0. The molecule has 1 spiro atoms. The first kappa shape index (κ1) is 13.6. The van der Waals surface area contributed by atoms with Crippen molar-refractivity contribution in [1.29, 1.82) is 0 Å². The molecule has 3 rings (SSSR count). The molecule has 21 heavy (non-hydrogen) atoms. The Hall–Kier alpha value is -2.37. The molecule has 0 radical (unpaired) electrons. The van der Waals surface area contributed by atoms with Gasteiger partial charge in [0.15, 0.2) is 0 Å². The molecule has 2 aliphatic rings. The van der Waals surface area contributed by atoms with E-state index in [9.17, 15) is 14.4 Å². The largest absolute Gasteiger partial charge is 0.378 e. The molecule has 1 aromatic carbocycles.